The van der Waals surface area contributed by atoms with Crippen LogP contribution < -0.4 is 10.0 Å². The van der Waals surface area contributed by atoms with Crippen LogP contribution in [0.25, 0.3) is 0 Å². The molecule has 1 aromatic carbocycles. The molecule has 0 atom stereocenters. The number of furan rings is 1. The Balaban J connectivity index is 2.07. The van der Waals surface area contributed by atoms with Gasteiger partial charge in [0.05, 0.1) is 0 Å². The molecule has 1 heterocycles. The fourth-order valence-corrected chi connectivity index (χ4v) is 2.24. The lowest BCUT2D eigenvalue weighted by Crippen LogP contribution is -2.23. The van der Waals surface area contributed by atoms with Crippen molar-refractivity contribution in [1.82, 2.24) is 10.0 Å². The molecule has 21 heavy (non-hydrogen) atoms. The summed E-state index contributed by atoms with van der Waals surface area (Å²) in [6.07, 6.45) is 0. The first-order valence-corrected chi connectivity index (χ1v) is 7.47. The first-order chi connectivity index (χ1) is 9.94. The van der Waals surface area contributed by atoms with Crippen molar-refractivity contribution in [1.29, 1.82) is 0 Å². The smallest absolute Gasteiger partial charge is 0.287 e. The average molecular weight is 312 g/mol. The Morgan fingerprint density at radius 2 is 1.95 bits per heavy atom. The first-order valence-electron chi connectivity index (χ1n) is 5.99. The monoisotopic (exact) mass is 312 g/mol. The number of carbonyl (C=O) groups excluding carboxylic acids is 1. The molecule has 0 aliphatic heterocycles. The minimum Gasteiger partial charge on any atom is -0.438 e. The molecule has 0 saturated heterocycles. The van der Waals surface area contributed by atoms with Gasteiger partial charge in [-0.25, -0.2) is 17.5 Å². The van der Waals surface area contributed by atoms with E-state index >= 15 is 0 Å². The highest BCUT2D eigenvalue weighted by atomic mass is 32.2. The maximum absolute atomic E-state index is 13.4. The van der Waals surface area contributed by atoms with Crippen molar-refractivity contribution < 1.29 is 22.0 Å². The number of amides is 1. The van der Waals surface area contributed by atoms with E-state index in [0.29, 0.717) is 5.56 Å². The molecule has 1 amide bonds. The van der Waals surface area contributed by atoms with E-state index in [2.05, 4.69) is 10.0 Å². The van der Waals surface area contributed by atoms with E-state index in [-0.39, 0.29) is 17.4 Å². The van der Waals surface area contributed by atoms with Crippen LogP contribution in [0.5, 0.6) is 0 Å². The van der Waals surface area contributed by atoms with Gasteiger partial charge >= 0.3 is 0 Å². The van der Waals surface area contributed by atoms with E-state index in [1.54, 1.807) is 12.1 Å². The van der Waals surface area contributed by atoms with Crippen LogP contribution >= 0.6 is 0 Å². The summed E-state index contributed by atoms with van der Waals surface area (Å²) in [5.41, 5.74) is 0.320. The van der Waals surface area contributed by atoms with Crippen LogP contribution in [0.1, 0.15) is 16.1 Å². The van der Waals surface area contributed by atoms with E-state index in [9.17, 15) is 17.6 Å². The lowest BCUT2D eigenvalue weighted by Gasteiger charge is -2.04. The maximum atomic E-state index is 13.4. The van der Waals surface area contributed by atoms with Crippen molar-refractivity contribution in [2.75, 3.05) is 7.05 Å². The molecule has 0 aliphatic carbocycles. The highest BCUT2D eigenvalue weighted by molar-refractivity contribution is 7.89. The lowest BCUT2D eigenvalue weighted by atomic mass is 10.2. The number of hydrogen-bond acceptors (Lipinski definition) is 4. The standard InChI is InChI=1S/C13H13FN2O4S/c1-15-21(18,19)12-7-6-11(20-12)13(17)16-8-9-4-2-3-5-10(9)14/h2-7,15H,8H2,1H3,(H,16,17). The van der Waals surface area contributed by atoms with Crippen molar-refractivity contribution >= 4 is 15.9 Å². The van der Waals surface area contributed by atoms with Gasteiger partial charge in [0.1, 0.15) is 5.82 Å². The van der Waals surface area contributed by atoms with E-state index < -0.39 is 21.7 Å². The first kappa shape index (κ1) is 15.2. The molecule has 8 heteroatoms. The van der Waals surface area contributed by atoms with Crippen LogP contribution in [0, 0.1) is 5.82 Å². The zero-order valence-corrected chi connectivity index (χ0v) is 11.9. The fourth-order valence-electron chi connectivity index (χ4n) is 1.59. The number of halogens is 1. The largest absolute Gasteiger partial charge is 0.438 e. The zero-order valence-electron chi connectivity index (χ0n) is 11.1. The van der Waals surface area contributed by atoms with Crippen LogP contribution in [-0.2, 0) is 16.6 Å². The highest BCUT2D eigenvalue weighted by Gasteiger charge is 2.19. The molecule has 0 aliphatic rings. The van der Waals surface area contributed by atoms with E-state index in [1.165, 1.54) is 31.3 Å². The van der Waals surface area contributed by atoms with Gasteiger partial charge in [-0.1, -0.05) is 18.2 Å². The maximum Gasteiger partial charge on any atom is 0.287 e. The predicted octanol–water partition coefficient (Wildman–Crippen LogP) is 1.26. The van der Waals surface area contributed by atoms with Gasteiger partial charge in [0.2, 0.25) is 5.09 Å². The van der Waals surface area contributed by atoms with Crippen LogP contribution in [0.4, 0.5) is 4.39 Å². The molecule has 0 radical (unpaired) electrons. The Hall–Kier alpha value is -2.19. The quantitative estimate of drug-likeness (QED) is 0.870. The normalized spacial score (nSPS) is 11.3. The third-order valence-electron chi connectivity index (χ3n) is 2.74. The number of nitrogens with one attached hydrogen (secondary N) is 2. The van der Waals surface area contributed by atoms with E-state index in [0.717, 1.165) is 0 Å². The van der Waals surface area contributed by atoms with Crippen LogP contribution in [-0.4, -0.2) is 21.4 Å². The van der Waals surface area contributed by atoms with Crippen molar-refractivity contribution in [3.8, 4) is 0 Å². The molecule has 0 saturated carbocycles. The zero-order chi connectivity index (χ0) is 15.5. The average Bonchev–Trinajstić information content (AvgIpc) is 2.97. The van der Waals surface area contributed by atoms with Crippen LogP contribution in [0.3, 0.4) is 0 Å². The number of hydrogen-bond donors (Lipinski definition) is 2. The fraction of sp³-hybridized carbons (Fsp3) is 0.154. The minimum atomic E-state index is -3.74. The van der Waals surface area contributed by atoms with E-state index in [1.807, 2.05) is 0 Å². The number of carbonyl (C=O) groups is 1. The second kappa shape index (κ2) is 6.06. The molecule has 112 valence electrons. The highest BCUT2D eigenvalue weighted by Crippen LogP contribution is 2.13. The van der Waals surface area contributed by atoms with Crippen molar-refractivity contribution in [2.45, 2.75) is 11.6 Å². The van der Waals surface area contributed by atoms with E-state index in [4.69, 9.17) is 4.42 Å². The lowest BCUT2D eigenvalue weighted by molar-refractivity contribution is 0.0917. The molecule has 2 rings (SSSR count). The summed E-state index contributed by atoms with van der Waals surface area (Å²) in [4.78, 5) is 11.8. The van der Waals surface area contributed by atoms with Crippen molar-refractivity contribution in [3.05, 3.63) is 53.5 Å². The Labute approximate surface area is 121 Å². The Morgan fingerprint density at radius 3 is 2.62 bits per heavy atom. The molecule has 0 fully saturated rings. The molecule has 6 nitrogen and oxygen atoms in total. The van der Waals surface area contributed by atoms with Crippen LogP contribution in [0.15, 0.2) is 45.9 Å². The second-order valence-electron chi connectivity index (χ2n) is 4.10. The summed E-state index contributed by atoms with van der Waals surface area (Å²) in [7, 11) is -2.51. The topological polar surface area (TPSA) is 88.4 Å². The molecule has 0 bridgehead atoms. The third kappa shape index (κ3) is 3.47. The van der Waals surface area contributed by atoms with Gasteiger partial charge in [0, 0.05) is 12.1 Å². The summed E-state index contributed by atoms with van der Waals surface area (Å²) >= 11 is 0. The van der Waals surface area contributed by atoms with Gasteiger partial charge in [0.15, 0.2) is 5.76 Å². The van der Waals surface area contributed by atoms with Gasteiger partial charge in [-0.15, -0.1) is 0 Å². The van der Waals surface area contributed by atoms with Gasteiger partial charge in [-0.05, 0) is 25.2 Å². The SMILES string of the molecule is CNS(=O)(=O)c1ccc(C(=O)NCc2ccccc2F)o1. The number of rotatable bonds is 5. The Morgan fingerprint density at radius 1 is 1.24 bits per heavy atom. The molecule has 2 aromatic rings. The van der Waals surface area contributed by atoms with Gasteiger partial charge in [0.25, 0.3) is 15.9 Å². The molecule has 0 spiro atoms. The van der Waals surface area contributed by atoms with Crippen LogP contribution in [0.2, 0.25) is 0 Å². The summed E-state index contributed by atoms with van der Waals surface area (Å²) in [5, 5.41) is 2.09. The Bertz CT molecular complexity index is 755. The number of benzene rings is 1. The predicted molar refractivity (Wildman–Crippen MR) is 72.5 cm³/mol. The van der Waals surface area contributed by atoms with Gasteiger partial charge in [-0.3, -0.25) is 4.79 Å². The third-order valence-corrected chi connectivity index (χ3v) is 4.02. The molecule has 2 N–H and O–H groups in total. The van der Waals surface area contributed by atoms with Gasteiger partial charge in [-0.2, -0.15) is 0 Å². The Kier molecular flexibility index (Phi) is 4.39. The molecule has 0 unspecified atom stereocenters. The summed E-state index contributed by atoms with van der Waals surface area (Å²) in [5.74, 6) is -1.23. The van der Waals surface area contributed by atoms with Crippen molar-refractivity contribution in [2.24, 2.45) is 0 Å². The summed E-state index contributed by atoms with van der Waals surface area (Å²) in [6, 6.07) is 8.42. The molecular weight excluding hydrogens is 299 g/mol. The molecule has 1 aromatic heterocycles. The minimum absolute atomic E-state index is 0.0275. The molecular formula is C13H13FN2O4S. The van der Waals surface area contributed by atoms with Crippen molar-refractivity contribution in [3.63, 3.8) is 0 Å². The summed E-state index contributed by atoms with van der Waals surface area (Å²) in [6.45, 7) is -0.0275. The summed E-state index contributed by atoms with van der Waals surface area (Å²) < 4.78 is 43.4. The van der Waals surface area contributed by atoms with Gasteiger partial charge < -0.3 is 9.73 Å². The number of sulfonamides is 1. The second-order valence-corrected chi connectivity index (χ2v) is 5.92.